The Kier molecular flexibility index (Phi) is 3.99. The van der Waals surface area contributed by atoms with E-state index in [2.05, 4.69) is 15.5 Å². The van der Waals surface area contributed by atoms with Gasteiger partial charge in [-0.3, -0.25) is 4.79 Å². The van der Waals surface area contributed by atoms with Gasteiger partial charge in [-0.15, -0.1) is 5.10 Å². The summed E-state index contributed by atoms with van der Waals surface area (Å²) in [6.07, 6.45) is 0. The van der Waals surface area contributed by atoms with E-state index in [1.54, 1.807) is 18.2 Å². The van der Waals surface area contributed by atoms with Crippen molar-refractivity contribution in [3.8, 4) is 6.07 Å². The van der Waals surface area contributed by atoms with Gasteiger partial charge in [0.05, 0.1) is 10.6 Å². The van der Waals surface area contributed by atoms with Crippen LogP contribution in [0.2, 0.25) is 5.02 Å². The summed E-state index contributed by atoms with van der Waals surface area (Å²) >= 11 is 7.07. The maximum absolute atomic E-state index is 10.6. The Hall–Kier alpha value is -2.11. The number of benzene rings is 1. The smallest absolute Gasteiger partial charge is 0.325 e. The molecule has 2 rings (SSSR count). The number of aliphatic carboxylic acids is 1. The molecule has 19 heavy (non-hydrogen) atoms. The fourth-order valence-electron chi connectivity index (χ4n) is 1.25. The summed E-state index contributed by atoms with van der Waals surface area (Å²) in [4.78, 5) is 11.3. The minimum atomic E-state index is -1.04. The minimum Gasteiger partial charge on any atom is -0.480 e. The molecule has 0 aliphatic rings. The lowest BCUT2D eigenvalue weighted by Gasteiger charge is -2.02. The van der Waals surface area contributed by atoms with Crippen LogP contribution in [0.4, 0.5) is 0 Å². The lowest BCUT2D eigenvalue weighted by atomic mass is 10.2. The van der Waals surface area contributed by atoms with Gasteiger partial charge < -0.3 is 5.11 Å². The monoisotopic (exact) mass is 295 g/mol. The van der Waals surface area contributed by atoms with Crippen LogP contribution in [0, 0.1) is 11.3 Å². The molecule has 96 valence electrons. The Morgan fingerprint density at radius 1 is 1.58 bits per heavy atom. The van der Waals surface area contributed by atoms with Crippen LogP contribution in [0.5, 0.6) is 0 Å². The van der Waals surface area contributed by atoms with Gasteiger partial charge >= 0.3 is 5.97 Å². The fraction of sp³-hybridized carbons (Fsp3) is 0.100. The first-order chi connectivity index (χ1) is 9.10. The van der Waals surface area contributed by atoms with Gasteiger partial charge in [0, 0.05) is 4.90 Å². The predicted octanol–water partition coefficient (Wildman–Crippen LogP) is 1.43. The topological polar surface area (TPSA) is 105 Å². The standard InChI is InChI=1S/C10H6ClN5O2S/c11-8-3-7(2-1-6(8)4-12)19-10-13-14-15-16(10)5-9(17)18/h1-3H,5H2,(H,17,18). The summed E-state index contributed by atoms with van der Waals surface area (Å²) in [5, 5.41) is 28.9. The maximum atomic E-state index is 10.6. The second-order valence-electron chi connectivity index (χ2n) is 3.37. The molecule has 0 spiro atoms. The van der Waals surface area contributed by atoms with Gasteiger partial charge in [-0.1, -0.05) is 11.6 Å². The molecule has 0 saturated heterocycles. The molecule has 0 unspecified atom stereocenters. The maximum Gasteiger partial charge on any atom is 0.325 e. The SMILES string of the molecule is N#Cc1ccc(Sc2nnnn2CC(=O)O)cc1Cl. The number of nitriles is 1. The van der Waals surface area contributed by atoms with Crippen LogP contribution >= 0.6 is 23.4 Å². The van der Waals surface area contributed by atoms with E-state index in [-0.39, 0.29) is 6.54 Å². The van der Waals surface area contributed by atoms with Crippen LogP contribution < -0.4 is 0 Å². The molecule has 0 bridgehead atoms. The summed E-state index contributed by atoms with van der Waals surface area (Å²) in [5.74, 6) is -1.04. The van der Waals surface area contributed by atoms with Gasteiger partial charge in [-0.2, -0.15) is 5.26 Å². The second kappa shape index (κ2) is 5.69. The molecule has 0 saturated carbocycles. The minimum absolute atomic E-state index is 0.320. The zero-order valence-electron chi connectivity index (χ0n) is 9.32. The lowest BCUT2D eigenvalue weighted by molar-refractivity contribution is -0.138. The molecular formula is C10H6ClN5O2S. The van der Waals surface area contributed by atoms with Crippen molar-refractivity contribution in [3.05, 3.63) is 28.8 Å². The van der Waals surface area contributed by atoms with E-state index < -0.39 is 5.97 Å². The van der Waals surface area contributed by atoms with E-state index in [0.717, 1.165) is 0 Å². The molecule has 0 atom stereocenters. The molecule has 1 aromatic carbocycles. The van der Waals surface area contributed by atoms with Crippen LogP contribution in [0.3, 0.4) is 0 Å². The van der Waals surface area contributed by atoms with Crippen molar-refractivity contribution in [2.24, 2.45) is 0 Å². The van der Waals surface area contributed by atoms with Crippen LogP contribution in [-0.2, 0) is 11.3 Å². The average Bonchev–Trinajstić information content (AvgIpc) is 2.76. The Morgan fingerprint density at radius 3 is 3.00 bits per heavy atom. The van der Waals surface area contributed by atoms with Crippen LogP contribution in [0.25, 0.3) is 0 Å². The van der Waals surface area contributed by atoms with Crippen LogP contribution in [0.1, 0.15) is 5.56 Å². The zero-order valence-corrected chi connectivity index (χ0v) is 10.9. The molecule has 2 aromatic rings. The van der Waals surface area contributed by atoms with E-state index in [0.29, 0.717) is 20.6 Å². The van der Waals surface area contributed by atoms with E-state index >= 15 is 0 Å². The van der Waals surface area contributed by atoms with E-state index in [4.69, 9.17) is 22.0 Å². The van der Waals surface area contributed by atoms with Gasteiger partial charge in [0.1, 0.15) is 12.6 Å². The van der Waals surface area contributed by atoms with Crippen LogP contribution in [-0.4, -0.2) is 31.3 Å². The molecule has 0 radical (unpaired) electrons. The number of carboxylic acid groups (broad SMARTS) is 1. The fourth-order valence-corrected chi connectivity index (χ4v) is 2.35. The van der Waals surface area contributed by atoms with Crippen molar-refractivity contribution in [2.45, 2.75) is 16.6 Å². The van der Waals surface area contributed by atoms with Crippen molar-refractivity contribution in [1.29, 1.82) is 5.26 Å². The molecule has 0 fully saturated rings. The van der Waals surface area contributed by atoms with Crippen molar-refractivity contribution >= 4 is 29.3 Å². The quantitative estimate of drug-likeness (QED) is 0.909. The van der Waals surface area contributed by atoms with E-state index in [9.17, 15) is 4.79 Å². The van der Waals surface area contributed by atoms with Crippen molar-refractivity contribution in [2.75, 3.05) is 0 Å². The molecule has 1 N–H and O–H groups in total. The van der Waals surface area contributed by atoms with Gasteiger partial charge in [0.2, 0.25) is 5.16 Å². The van der Waals surface area contributed by atoms with Gasteiger partial charge in [0.25, 0.3) is 0 Å². The molecule has 1 aromatic heterocycles. The third-order valence-electron chi connectivity index (χ3n) is 2.05. The number of carbonyl (C=O) groups is 1. The molecule has 1 heterocycles. The lowest BCUT2D eigenvalue weighted by Crippen LogP contribution is -2.11. The van der Waals surface area contributed by atoms with Crippen molar-refractivity contribution in [3.63, 3.8) is 0 Å². The predicted molar refractivity (Wildman–Crippen MR) is 65.7 cm³/mol. The van der Waals surface area contributed by atoms with Gasteiger partial charge in [-0.05, 0) is 40.4 Å². The molecule has 0 aliphatic carbocycles. The Bertz CT molecular complexity index is 666. The number of tetrazole rings is 1. The number of hydrogen-bond acceptors (Lipinski definition) is 6. The molecule has 0 amide bonds. The number of aromatic nitrogens is 4. The first-order valence-corrected chi connectivity index (χ1v) is 6.15. The van der Waals surface area contributed by atoms with Crippen LogP contribution in [0.15, 0.2) is 28.3 Å². The highest BCUT2D eigenvalue weighted by molar-refractivity contribution is 7.99. The highest BCUT2D eigenvalue weighted by atomic mass is 35.5. The first kappa shape index (κ1) is 13.3. The number of hydrogen-bond donors (Lipinski definition) is 1. The highest BCUT2D eigenvalue weighted by Gasteiger charge is 2.11. The number of rotatable bonds is 4. The molecular weight excluding hydrogens is 290 g/mol. The normalized spacial score (nSPS) is 10.1. The Balaban J connectivity index is 2.22. The Labute approximate surface area is 116 Å². The zero-order chi connectivity index (χ0) is 13.8. The summed E-state index contributed by atoms with van der Waals surface area (Å²) < 4.78 is 1.17. The van der Waals surface area contributed by atoms with Gasteiger partial charge in [0.15, 0.2) is 0 Å². The molecule has 7 nitrogen and oxygen atoms in total. The summed E-state index contributed by atoms with van der Waals surface area (Å²) in [7, 11) is 0. The highest BCUT2D eigenvalue weighted by Crippen LogP contribution is 2.28. The van der Waals surface area contributed by atoms with E-state index in [1.807, 2.05) is 6.07 Å². The summed E-state index contributed by atoms with van der Waals surface area (Å²) in [6, 6.07) is 6.82. The largest absolute Gasteiger partial charge is 0.480 e. The van der Waals surface area contributed by atoms with Crippen molar-refractivity contribution < 1.29 is 9.90 Å². The third-order valence-corrected chi connectivity index (χ3v) is 3.33. The molecule has 0 aliphatic heterocycles. The number of nitrogens with zero attached hydrogens (tertiary/aromatic N) is 5. The Morgan fingerprint density at radius 2 is 2.37 bits per heavy atom. The first-order valence-electron chi connectivity index (χ1n) is 4.95. The number of carboxylic acids is 1. The van der Waals surface area contributed by atoms with Crippen molar-refractivity contribution in [1.82, 2.24) is 20.2 Å². The third kappa shape index (κ3) is 3.21. The summed E-state index contributed by atoms with van der Waals surface area (Å²) in [6.45, 7) is -0.320. The number of halogens is 1. The van der Waals surface area contributed by atoms with E-state index in [1.165, 1.54) is 16.4 Å². The summed E-state index contributed by atoms with van der Waals surface area (Å²) in [5.41, 5.74) is 0.371. The van der Waals surface area contributed by atoms with Gasteiger partial charge in [-0.25, -0.2) is 4.68 Å². The second-order valence-corrected chi connectivity index (χ2v) is 4.82. The molecule has 9 heteroatoms. The average molecular weight is 296 g/mol.